The van der Waals surface area contributed by atoms with Gasteiger partial charge in [-0.15, -0.1) is 0 Å². The molecule has 0 aliphatic heterocycles. The van der Waals surface area contributed by atoms with Gasteiger partial charge in [-0.3, -0.25) is 0 Å². The topological polar surface area (TPSA) is 57.4 Å². The Labute approximate surface area is 131 Å². The van der Waals surface area contributed by atoms with Crippen molar-refractivity contribution in [2.45, 2.75) is 50.0 Å². The second-order valence-corrected chi connectivity index (χ2v) is 6.84. The molecule has 0 bridgehead atoms. The van der Waals surface area contributed by atoms with Crippen LogP contribution in [-0.2, 0) is 0 Å². The fourth-order valence-corrected chi connectivity index (χ4v) is 3.02. The van der Waals surface area contributed by atoms with Gasteiger partial charge in [0.15, 0.2) is 0 Å². The molecule has 6 heteroatoms. The van der Waals surface area contributed by atoms with Gasteiger partial charge in [-0.2, -0.15) is 25.3 Å². The summed E-state index contributed by atoms with van der Waals surface area (Å²) < 4.78 is 0. The summed E-state index contributed by atoms with van der Waals surface area (Å²) in [5, 5.41) is 0.555. The fourth-order valence-electron chi connectivity index (χ4n) is 2.44. The summed E-state index contributed by atoms with van der Waals surface area (Å²) >= 11 is 9.28. The van der Waals surface area contributed by atoms with Crippen LogP contribution >= 0.6 is 25.3 Å². The number of nitrogens with zero attached hydrogens (tertiary/aromatic N) is 2. The molecule has 4 nitrogen and oxygen atoms in total. The summed E-state index contributed by atoms with van der Waals surface area (Å²) in [5.74, 6) is 0.0999. The molecule has 0 radical (unpaired) electrons. The van der Waals surface area contributed by atoms with E-state index in [2.05, 4.69) is 39.5 Å². The van der Waals surface area contributed by atoms with Crippen molar-refractivity contribution in [1.29, 1.82) is 0 Å². The number of hydrogen-bond acceptors (Lipinski definition) is 4. The summed E-state index contributed by atoms with van der Waals surface area (Å²) in [7, 11) is 0. The second-order valence-electron chi connectivity index (χ2n) is 5.30. The summed E-state index contributed by atoms with van der Waals surface area (Å²) in [6.07, 6.45) is 5.49. The summed E-state index contributed by atoms with van der Waals surface area (Å²) in [6.45, 7) is 6.19. The van der Waals surface area contributed by atoms with Gasteiger partial charge in [0.25, 0.3) is 0 Å². The highest BCUT2D eigenvalue weighted by molar-refractivity contribution is 7.81. The molecular formula is C14H22N4S2. The first-order valence-corrected chi connectivity index (χ1v) is 7.89. The van der Waals surface area contributed by atoms with Crippen LogP contribution in [0.2, 0.25) is 0 Å². The van der Waals surface area contributed by atoms with E-state index in [0.717, 1.165) is 35.6 Å². The van der Waals surface area contributed by atoms with Crippen LogP contribution in [0.15, 0.2) is 12.7 Å². The zero-order chi connectivity index (χ0) is 14.7. The molecule has 0 fully saturated rings. The van der Waals surface area contributed by atoms with Gasteiger partial charge >= 0.3 is 0 Å². The van der Waals surface area contributed by atoms with Crippen molar-refractivity contribution in [3.8, 4) is 0 Å². The summed E-state index contributed by atoms with van der Waals surface area (Å²) in [5.41, 5.74) is 4.23. The monoisotopic (exact) mass is 310 g/mol. The first kappa shape index (κ1) is 15.5. The third kappa shape index (κ3) is 3.41. The Balaban J connectivity index is 2.30. The van der Waals surface area contributed by atoms with Gasteiger partial charge in [0, 0.05) is 16.6 Å². The Morgan fingerprint density at radius 3 is 1.85 bits per heavy atom. The molecule has 2 atom stereocenters. The van der Waals surface area contributed by atoms with Crippen LogP contribution in [0.5, 0.6) is 0 Å². The minimum Gasteiger partial charge on any atom is -0.348 e. The second kappa shape index (κ2) is 6.72. The lowest BCUT2D eigenvalue weighted by Gasteiger charge is -2.22. The molecule has 2 unspecified atom stereocenters. The Morgan fingerprint density at radius 2 is 1.50 bits per heavy atom. The van der Waals surface area contributed by atoms with Gasteiger partial charge in [-0.25, -0.2) is 9.97 Å². The Bertz CT molecular complexity index is 507. The minimum absolute atomic E-state index is 0.0999. The predicted molar refractivity (Wildman–Crippen MR) is 88.9 cm³/mol. The molecule has 0 amide bonds. The van der Waals surface area contributed by atoms with Crippen molar-refractivity contribution in [2.75, 3.05) is 0 Å². The van der Waals surface area contributed by atoms with Crippen molar-refractivity contribution in [3.05, 3.63) is 35.4 Å². The first-order valence-electron chi connectivity index (χ1n) is 6.86. The molecular weight excluding hydrogens is 288 g/mol. The maximum atomic E-state index is 4.83. The predicted octanol–water partition coefficient (Wildman–Crippen LogP) is 3.28. The molecule has 20 heavy (non-hydrogen) atoms. The van der Waals surface area contributed by atoms with Gasteiger partial charge in [-0.05, 0) is 31.9 Å². The van der Waals surface area contributed by atoms with Crippen molar-refractivity contribution in [1.82, 2.24) is 19.9 Å². The largest absolute Gasteiger partial charge is 0.348 e. The zero-order valence-electron chi connectivity index (χ0n) is 12.1. The number of H-pyrrole nitrogens is 2. The molecule has 2 rings (SSSR count). The molecule has 2 N–H and O–H groups in total. The van der Waals surface area contributed by atoms with E-state index in [4.69, 9.17) is 12.6 Å². The summed E-state index contributed by atoms with van der Waals surface area (Å²) in [4.78, 5) is 15.3. The van der Waals surface area contributed by atoms with Crippen LogP contribution in [-0.4, -0.2) is 30.4 Å². The average Bonchev–Trinajstić information content (AvgIpc) is 2.98. The van der Waals surface area contributed by atoms with E-state index in [0.29, 0.717) is 5.25 Å². The standard InChI is InChI=1S/C14H22N4S2/c1-8(19)4-5-11(20)12(13-9(2)15-6-17-13)14-10(3)16-7-18-14/h6-8,11-12,19-20H,4-5H2,1-3H3,(H,15,17)(H,16,18). The van der Waals surface area contributed by atoms with Crippen LogP contribution in [0.25, 0.3) is 0 Å². The van der Waals surface area contributed by atoms with Crippen LogP contribution in [0.3, 0.4) is 0 Å². The molecule has 0 aromatic carbocycles. The smallest absolute Gasteiger partial charge is 0.0925 e. The van der Waals surface area contributed by atoms with E-state index < -0.39 is 0 Å². The van der Waals surface area contributed by atoms with E-state index in [-0.39, 0.29) is 11.2 Å². The van der Waals surface area contributed by atoms with Crippen molar-refractivity contribution < 1.29 is 0 Å². The van der Waals surface area contributed by atoms with E-state index in [1.54, 1.807) is 12.7 Å². The number of rotatable bonds is 6. The fraction of sp³-hybridized carbons (Fsp3) is 0.571. The van der Waals surface area contributed by atoms with E-state index in [1.165, 1.54) is 0 Å². The molecule has 0 aliphatic rings. The van der Waals surface area contributed by atoms with Crippen LogP contribution in [0, 0.1) is 13.8 Å². The highest BCUT2D eigenvalue weighted by Crippen LogP contribution is 2.34. The molecule has 0 aliphatic carbocycles. The molecule has 110 valence electrons. The Morgan fingerprint density at radius 1 is 1.00 bits per heavy atom. The lowest BCUT2D eigenvalue weighted by Crippen LogP contribution is -2.18. The number of aryl methyl sites for hydroxylation is 2. The first-order chi connectivity index (χ1) is 9.50. The molecule has 0 spiro atoms. The lowest BCUT2D eigenvalue weighted by molar-refractivity contribution is 0.623. The van der Waals surface area contributed by atoms with Gasteiger partial charge in [0.1, 0.15) is 0 Å². The van der Waals surface area contributed by atoms with Gasteiger partial charge in [-0.1, -0.05) is 6.92 Å². The highest BCUT2D eigenvalue weighted by atomic mass is 32.1. The number of nitrogens with one attached hydrogen (secondary N) is 2. The van der Waals surface area contributed by atoms with Crippen molar-refractivity contribution in [2.24, 2.45) is 0 Å². The minimum atomic E-state index is 0.0999. The van der Waals surface area contributed by atoms with Gasteiger partial charge in [0.05, 0.1) is 30.0 Å². The lowest BCUT2D eigenvalue weighted by atomic mass is 9.91. The van der Waals surface area contributed by atoms with Crippen molar-refractivity contribution >= 4 is 25.3 Å². The molecule has 2 aromatic rings. The zero-order valence-corrected chi connectivity index (χ0v) is 13.9. The number of imidazole rings is 2. The molecule has 2 heterocycles. The maximum absolute atomic E-state index is 4.83. The Kier molecular flexibility index (Phi) is 5.21. The number of aromatic nitrogens is 4. The van der Waals surface area contributed by atoms with Crippen LogP contribution in [0.1, 0.15) is 48.5 Å². The van der Waals surface area contributed by atoms with Crippen molar-refractivity contribution in [3.63, 3.8) is 0 Å². The highest BCUT2D eigenvalue weighted by Gasteiger charge is 2.28. The number of thiol groups is 2. The van der Waals surface area contributed by atoms with E-state index in [1.807, 2.05) is 13.8 Å². The number of hydrogen-bond donors (Lipinski definition) is 4. The van der Waals surface area contributed by atoms with Gasteiger partial charge in [0.2, 0.25) is 0 Å². The van der Waals surface area contributed by atoms with Crippen LogP contribution < -0.4 is 0 Å². The SMILES string of the molecule is Cc1[nH]cnc1C(c1nc[nH]c1C)C(S)CCC(C)S. The molecule has 0 saturated carbocycles. The normalized spacial score (nSPS) is 14.7. The molecule has 2 aromatic heterocycles. The number of aromatic amines is 2. The summed E-state index contributed by atoms with van der Waals surface area (Å²) in [6, 6.07) is 0. The molecule has 0 saturated heterocycles. The van der Waals surface area contributed by atoms with Gasteiger partial charge < -0.3 is 9.97 Å². The third-order valence-corrected chi connectivity index (χ3v) is 4.41. The average molecular weight is 310 g/mol. The van der Waals surface area contributed by atoms with Crippen LogP contribution in [0.4, 0.5) is 0 Å². The maximum Gasteiger partial charge on any atom is 0.0925 e. The van der Waals surface area contributed by atoms with E-state index in [9.17, 15) is 0 Å². The quantitative estimate of drug-likeness (QED) is 0.619. The van der Waals surface area contributed by atoms with E-state index >= 15 is 0 Å². The third-order valence-electron chi connectivity index (χ3n) is 3.59. The Hall–Kier alpha value is -0.880.